The summed E-state index contributed by atoms with van der Waals surface area (Å²) in [6.07, 6.45) is 0. The molecule has 0 unspecified atom stereocenters. The van der Waals surface area contributed by atoms with Gasteiger partial charge in [0.25, 0.3) is 20.2 Å². The third-order valence-electron chi connectivity index (χ3n) is 3.90. The van der Waals surface area contributed by atoms with Crippen LogP contribution in [0, 0.1) is 6.92 Å². The van der Waals surface area contributed by atoms with Gasteiger partial charge >= 0.3 is 59.1 Å². The van der Waals surface area contributed by atoms with Gasteiger partial charge in [-0.1, -0.05) is 30.3 Å². The number of aryl methyl sites for hydroxylation is 1. The van der Waals surface area contributed by atoms with Crippen LogP contribution >= 0.6 is 11.6 Å². The molecule has 0 spiro atoms. The zero-order chi connectivity index (χ0) is 23.1. The van der Waals surface area contributed by atoms with Gasteiger partial charge in [-0.2, -0.15) is 21.9 Å². The minimum absolute atomic E-state index is 0. The molecular formula is C16H12ClCrN4Na2O8S2+. The summed E-state index contributed by atoms with van der Waals surface area (Å²) in [5.41, 5.74) is -1.47. The van der Waals surface area contributed by atoms with Gasteiger partial charge < -0.3 is 15.0 Å². The molecule has 0 saturated carbocycles. The Labute approximate surface area is 253 Å². The summed E-state index contributed by atoms with van der Waals surface area (Å²) in [5, 5.41) is 21.1. The first-order chi connectivity index (χ1) is 14.3. The number of nitrogens with zero attached hydrogens (tertiary/aromatic N) is 4. The molecule has 0 bridgehead atoms. The second-order valence-corrected chi connectivity index (χ2v) is 9.32. The zero-order valence-corrected chi connectivity index (χ0v) is 25.4. The van der Waals surface area contributed by atoms with E-state index in [1.807, 2.05) is 0 Å². The molecule has 3 N–H and O–H groups in total. The van der Waals surface area contributed by atoms with Crippen LogP contribution in [0.4, 0.5) is 11.4 Å². The van der Waals surface area contributed by atoms with Gasteiger partial charge in [-0.3, -0.25) is 9.11 Å². The minimum atomic E-state index is -4.81. The summed E-state index contributed by atoms with van der Waals surface area (Å²) in [6, 6.07) is 6.65. The molecule has 0 fully saturated rings. The van der Waals surface area contributed by atoms with E-state index in [9.17, 15) is 26.7 Å². The normalized spacial score (nSPS) is 11.4. The molecule has 34 heavy (non-hydrogen) atoms. The van der Waals surface area contributed by atoms with E-state index in [2.05, 4.69) is 15.3 Å². The number of benzene rings is 2. The summed E-state index contributed by atoms with van der Waals surface area (Å²) in [4.78, 5) is 11.3. The van der Waals surface area contributed by atoms with Crippen LogP contribution in [0.1, 0.15) is 5.69 Å². The Bertz CT molecular complexity index is 1510. The summed E-state index contributed by atoms with van der Waals surface area (Å²) >= 11 is 5.77. The molecule has 0 aliphatic carbocycles. The van der Waals surface area contributed by atoms with Crippen molar-refractivity contribution in [2.75, 3.05) is 0 Å². The van der Waals surface area contributed by atoms with Crippen LogP contribution in [0.15, 0.2) is 61.2 Å². The number of hydrogen-bond acceptors (Lipinski definition) is 9. The van der Waals surface area contributed by atoms with Crippen molar-refractivity contribution in [3.05, 3.63) is 57.5 Å². The fourth-order valence-corrected chi connectivity index (χ4v) is 3.92. The Morgan fingerprint density at radius 1 is 1.06 bits per heavy atom. The molecule has 170 valence electrons. The average Bonchev–Trinajstić information content (AvgIpc) is 2.94. The number of phenolic OH excluding ortho intramolecular Hbond substituents is 1. The fourth-order valence-electron chi connectivity index (χ4n) is 2.50. The van der Waals surface area contributed by atoms with Crippen LogP contribution < -0.4 is 64.7 Å². The summed E-state index contributed by atoms with van der Waals surface area (Å²) in [7, 11) is -9.33. The number of rotatable bonds is 5. The maximum Gasteiger partial charge on any atom is 1.00 e. The van der Waals surface area contributed by atoms with E-state index in [0.29, 0.717) is 0 Å². The molecule has 0 saturated heterocycles. The van der Waals surface area contributed by atoms with Crippen molar-refractivity contribution in [2.24, 2.45) is 10.2 Å². The molecule has 18 heteroatoms. The molecule has 0 aliphatic rings. The smallest absolute Gasteiger partial charge is 0.504 e. The molecule has 3 aromatic rings. The fraction of sp³-hybridized carbons (Fsp3) is 0.0625. The van der Waals surface area contributed by atoms with E-state index >= 15 is 0 Å². The minimum Gasteiger partial charge on any atom is -0.504 e. The van der Waals surface area contributed by atoms with Gasteiger partial charge in [-0.05, 0) is 30.3 Å². The summed E-state index contributed by atoms with van der Waals surface area (Å²) < 4.78 is 64.4. The third kappa shape index (κ3) is 7.50. The first kappa shape index (κ1) is 33.5. The monoisotopic (exact) mass is 585 g/mol. The van der Waals surface area contributed by atoms with E-state index in [1.54, 1.807) is 0 Å². The van der Waals surface area contributed by atoms with E-state index in [-0.39, 0.29) is 98.6 Å². The number of aromatic nitrogens is 2. The first-order valence-corrected chi connectivity index (χ1v) is 11.3. The number of aromatic hydroxyl groups is 1. The van der Waals surface area contributed by atoms with Gasteiger partial charge in [0.1, 0.15) is 16.1 Å². The van der Waals surface area contributed by atoms with Crippen LogP contribution in [-0.2, 0) is 37.6 Å². The molecule has 0 aliphatic heterocycles. The van der Waals surface area contributed by atoms with Crippen molar-refractivity contribution < 1.29 is 108 Å². The predicted octanol–water partition coefficient (Wildman–Crippen LogP) is -3.47. The van der Waals surface area contributed by atoms with E-state index in [4.69, 9.17) is 20.7 Å². The molecule has 0 radical (unpaired) electrons. The summed E-state index contributed by atoms with van der Waals surface area (Å²) in [6.45, 7) is 1.40. The van der Waals surface area contributed by atoms with Gasteiger partial charge in [-0.25, -0.2) is 9.78 Å². The van der Waals surface area contributed by atoms with E-state index < -0.39 is 47.0 Å². The SMILES string of the molecule is Cc1nn(-c2cccc(S(=O)(=O)O)c2)c(=O)[c-]1N=Nc1cc(Cl)cc(S(=O)(=O)O)c1O.[Cr].[Na+].[Na+]. The first-order valence-electron chi connectivity index (χ1n) is 8.05. The molecule has 1 aromatic heterocycles. The average molecular weight is 586 g/mol. The molecule has 1 heterocycles. The van der Waals surface area contributed by atoms with Gasteiger partial charge in [0.15, 0.2) is 5.75 Å². The molecule has 3 rings (SSSR count). The topological polar surface area (TPSA) is 189 Å². The summed E-state index contributed by atoms with van der Waals surface area (Å²) in [5.74, 6) is -0.936. The molecule has 0 amide bonds. The van der Waals surface area contributed by atoms with Crippen molar-refractivity contribution in [1.82, 2.24) is 9.78 Å². The van der Waals surface area contributed by atoms with Crippen molar-refractivity contribution in [3.63, 3.8) is 0 Å². The number of hydrogen-bond donors (Lipinski definition) is 3. The van der Waals surface area contributed by atoms with Crippen LogP contribution in [0.3, 0.4) is 0 Å². The van der Waals surface area contributed by atoms with Crippen LogP contribution in [0.25, 0.3) is 5.69 Å². The Hall–Kier alpha value is -0.508. The van der Waals surface area contributed by atoms with Crippen LogP contribution in [0.2, 0.25) is 5.02 Å². The Morgan fingerprint density at radius 3 is 2.24 bits per heavy atom. The van der Waals surface area contributed by atoms with Crippen molar-refractivity contribution in [3.8, 4) is 11.4 Å². The van der Waals surface area contributed by atoms with Gasteiger partial charge in [0.2, 0.25) is 0 Å². The van der Waals surface area contributed by atoms with Gasteiger partial charge in [-0.15, -0.1) is 5.69 Å². The van der Waals surface area contributed by atoms with E-state index in [0.717, 1.165) is 28.9 Å². The second-order valence-electron chi connectivity index (χ2n) is 6.07. The maximum atomic E-state index is 12.7. The number of phenols is 1. The molecule has 12 nitrogen and oxygen atoms in total. The van der Waals surface area contributed by atoms with Crippen molar-refractivity contribution in [1.29, 1.82) is 0 Å². The quantitative estimate of drug-likeness (QED) is 0.118. The second kappa shape index (κ2) is 12.6. The predicted molar refractivity (Wildman–Crippen MR) is 107 cm³/mol. The maximum absolute atomic E-state index is 12.7. The van der Waals surface area contributed by atoms with Crippen molar-refractivity contribution >= 4 is 43.2 Å². The molecular weight excluding hydrogens is 574 g/mol. The number of azo groups is 1. The largest absolute Gasteiger partial charge is 1.00 e. The third-order valence-corrected chi connectivity index (χ3v) is 5.84. The van der Waals surface area contributed by atoms with Gasteiger partial charge in [0, 0.05) is 22.4 Å². The molecule has 2 aromatic carbocycles. The van der Waals surface area contributed by atoms with Gasteiger partial charge in [0.05, 0.1) is 10.6 Å². The van der Waals surface area contributed by atoms with Crippen LogP contribution in [0.5, 0.6) is 5.75 Å². The molecule has 0 atom stereocenters. The Morgan fingerprint density at radius 2 is 1.68 bits per heavy atom. The van der Waals surface area contributed by atoms with Crippen LogP contribution in [-0.4, -0.2) is 40.8 Å². The van der Waals surface area contributed by atoms with Crippen molar-refractivity contribution in [2.45, 2.75) is 16.7 Å². The Kier molecular flexibility index (Phi) is 12.5. The standard InChI is InChI=1S/C16H12ClN4O8S2.Cr.2Na/c1-8-14(19-18-12-5-9(17)6-13(15(12)22)31(27,28)29)16(23)21(20-8)10-3-2-4-11(7-10)30(24,25)26;;;/h2-7,22H,1H3,(H,24,25,26)(H,27,28,29);;;/q-1;;2*+1. The zero-order valence-electron chi connectivity index (χ0n) is 17.7. The Balaban J connectivity index is 0.00000363. The van der Waals surface area contributed by atoms with E-state index in [1.165, 1.54) is 19.1 Å². The number of halogens is 1.